The lowest BCUT2D eigenvalue weighted by Gasteiger charge is -2.02. The van der Waals surface area contributed by atoms with Gasteiger partial charge in [-0.05, 0) is 12.1 Å². The summed E-state index contributed by atoms with van der Waals surface area (Å²) >= 11 is 0. The number of aromatic nitrogens is 4. The van der Waals surface area contributed by atoms with Crippen LogP contribution in [0.5, 0.6) is 0 Å². The molecule has 1 amide bonds. The molecule has 0 aliphatic rings. The summed E-state index contributed by atoms with van der Waals surface area (Å²) in [7, 11) is 0. The van der Waals surface area contributed by atoms with Crippen LogP contribution in [-0.4, -0.2) is 26.3 Å². The molecule has 7 nitrogen and oxygen atoms in total. The molecule has 0 aliphatic heterocycles. The number of aromatic amines is 1. The lowest BCUT2D eigenvalue weighted by atomic mass is 10.3. The highest BCUT2D eigenvalue weighted by Gasteiger charge is 2.10. The third kappa shape index (κ3) is 2.14. The Balaban J connectivity index is 1.97. The summed E-state index contributed by atoms with van der Waals surface area (Å²) in [6.07, 6.45) is 2.95. The molecule has 0 spiro atoms. The summed E-state index contributed by atoms with van der Waals surface area (Å²) in [5, 5.41) is 16.4. The Morgan fingerprint density at radius 2 is 2.44 bits per heavy atom. The summed E-state index contributed by atoms with van der Waals surface area (Å²) in [4.78, 5) is 11.6. The predicted molar refractivity (Wildman–Crippen MR) is 56.2 cm³/mol. The molecule has 0 radical (unpaired) electrons. The molecule has 0 saturated heterocycles. The SMILES string of the molecule is Nc1cn[nH]c1C(=O)NCc1cccnn1. The molecule has 2 aromatic heterocycles. The molecule has 2 heterocycles. The Kier molecular flexibility index (Phi) is 2.77. The van der Waals surface area contributed by atoms with E-state index in [0.29, 0.717) is 17.9 Å². The van der Waals surface area contributed by atoms with Crippen molar-refractivity contribution in [2.75, 3.05) is 5.73 Å². The van der Waals surface area contributed by atoms with Crippen LogP contribution in [0, 0.1) is 0 Å². The van der Waals surface area contributed by atoms with E-state index in [1.54, 1.807) is 18.3 Å². The van der Waals surface area contributed by atoms with Crippen molar-refractivity contribution in [3.63, 3.8) is 0 Å². The molecule has 82 valence electrons. The van der Waals surface area contributed by atoms with Gasteiger partial charge in [0.1, 0.15) is 5.69 Å². The second-order valence-corrected chi connectivity index (χ2v) is 3.10. The molecule has 0 unspecified atom stereocenters. The highest BCUT2D eigenvalue weighted by molar-refractivity contribution is 5.96. The van der Waals surface area contributed by atoms with Crippen LogP contribution < -0.4 is 11.1 Å². The number of anilines is 1. The number of nitrogens with two attached hydrogens (primary N) is 1. The zero-order chi connectivity index (χ0) is 11.4. The maximum atomic E-state index is 11.6. The van der Waals surface area contributed by atoms with Crippen molar-refractivity contribution >= 4 is 11.6 Å². The summed E-state index contributed by atoms with van der Waals surface area (Å²) < 4.78 is 0. The summed E-state index contributed by atoms with van der Waals surface area (Å²) in [5.41, 5.74) is 6.77. The lowest BCUT2D eigenvalue weighted by Crippen LogP contribution is -2.24. The van der Waals surface area contributed by atoms with Gasteiger partial charge in [0.05, 0.1) is 24.1 Å². The largest absolute Gasteiger partial charge is 0.396 e. The molecule has 16 heavy (non-hydrogen) atoms. The summed E-state index contributed by atoms with van der Waals surface area (Å²) in [6, 6.07) is 3.52. The van der Waals surface area contributed by atoms with E-state index < -0.39 is 0 Å². The van der Waals surface area contributed by atoms with Crippen LogP contribution >= 0.6 is 0 Å². The third-order valence-corrected chi connectivity index (χ3v) is 1.95. The van der Waals surface area contributed by atoms with Crippen molar-refractivity contribution in [3.05, 3.63) is 35.9 Å². The lowest BCUT2D eigenvalue weighted by molar-refractivity contribution is 0.0946. The minimum Gasteiger partial charge on any atom is -0.396 e. The van der Waals surface area contributed by atoms with E-state index in [9.17, 15) is 4.79 Å². The number of nitrogen functional groups attached to an aromatic ring is 1. The van der Waals surface area contributed by atoms with E-state index in [1.165, 1.54) is 6.20 Å². The normalized spacial score (nSPS) is 10.0. The van der Waals surface area contributed by atoms with Gasteiger partial charge in [-0.1, -0.05) is 0 Å². The topological polar surface area (TPSA) is 110 Å². The Morgan fingerprint density at radius 1 is 1.56 bits per heavy atom. The molecule has 0 atom stereocenters. The number of hydrogen-bond acceptors (Lipinski definition) is 5. The maximum absolute atomic E-state index is 11.6. The molecule has 4 N–H and O–H groups in total. The van der Waals surface area contributed by atoms with Gasteiger partial charge in [0.2, 0.25) is 0 Å². The first-order chi connectivity index (χ1) is 7.77. The van der Waals surface area contributed by atoms with Crippen molar-refractivity contribution in [2.24, 2.45) is 0 Å². The number of carbonyl (C=O) groups excluding carboxylic acids is 1. The fourth-order valence-electron chi connectivity index (χ4n) is 1.16. The van der Waals surface area contributed by atoms with Crippen molar-refractivity contribution in [3.8, 4) is 0 Å². The van der Waals surface area contributed by atoms with Gasteiger partial charge in [0.25, 0.3) is 5.91 Å². The van der Waals surface area contributed by atoms with E-state index in [1.807, 2.05) is 0 Å². The van der Waals surface area contributed by atoms with Crippen LogP contribution in [0.1, 0.15) is 16.2 Å². The molecule has 0 bridgehead atoms. The van der Waals surface area contributed by atoms with Crippen molar-refractivity contribution < 1.29 is 4.79 Å². The second kappa shape index (κ2) is 4.39. The Labute approximate surface area is 91.1 Å². The Morgan fingerprint density at radius 3 is 3.06 bits per heavy atom. The van der Waals surface area contributed by atoms with Crippen LogP contribution in [0.2, 0.25) is 0 Å². The smallest absolute Gasteiger partial charge is 0.271 e. The number of nitrogens with zero attached hydrogens (tertiary/aromatic N) is 3. The molecule has 0 saturated carbocycles. The van der Waals surface area contributed by atoms with Gasteiger partial charge in [-0.2, -0.15) is 15.3 Å². The van der Waals surface area contributed by atoms with E-state index in [-0.39, 0.29) is 11.6 Å². The fourth-order valence-corrected chi connectivity index (χ4v) is 1.16. The quantitative estimate of drug-likeness (QED) is 0.655. The van der Waals surface area contributed by atoms with Gasteiger partial charge in [0, 0.05) is 6.20 Å². The van der Waals surface area contributed by atoms with Crippen LogP contribution in [0.15, 0.2) is 24.5 Å². The number of rotatable bonds is 3. The third-order valence-electron chi connectivity index (χ3n) is 1.95. The number of nitrogens with one attached hydrogen (secondary N) is 2. The minimum atomic E-state index is -0.319. The van der Waals surface area contributed by atoms with E-state index in [4.69, 9.17) is 5.73 Å². The highest BCUT2D eigenvalue weighted by atomic mass is 16.1. The molecule has 7 heteroatoms. The van der Waals surface area contributed by atoms with Gasteiger partial charge in [-0.25, -0.2) is 0 Å². The summed E-state index contributed by atoms with van der Waals surface area (Å²) in [6.45, 7) is 0.297. The van der Waals surface area contributed by atoms with Gasteiger partial charge < -0.3 is 11.1 Å². The zero-order valence-electron chi connectivity index (χ0n) is 8.34. The predicted octanol–water partition coefficient (Wildman–Crippen LogP) is -0.288. The molecular weight excluding hydrogens is 208 g/mol. The number of hydrogen-bond donors (Lipinski definition) is 3. The van der Waals surface area contributed by atoms with Crippen LogP contribution in [0.3, 0.4) is 0 Å². The average Bonchev–Trinajstić information content (AvgIpc) is 2.74. The number of carbonyl (C=O) groups is 1. The molecule has 0 fully saturated rings. The average molecular weight is 218 g/mol. The molecule has 0 aromatic carbocycles. The Bertz CT molecular complexity index is 480. The monoisotopic (exact) mass is 218 g/mol. The van der Waals surface area contributed by atoms with Gasteiger partial charge >= 0.3 is 0 Å². The Hall–Kier alpha value is -2.44. The van der Waals surface area contributed by atoms with Crippen molar-refractivity contribution in [1.82, 2.24) is 25.7 Å². The molecule has 2 rings (SSSR count). The fraction of sp³-hybridized carbons (Fsp3) is 0.111. The first-order valence-electron chi connectivity index (χ1n) is 4.61. The molecule has 2 aromatic rings. The summed E-state index contributed by atoms with van der Waals surface area (Å²) in [5.74, 6) is -0.319. The number of amides is 1. The van der Waals surface area contributed by atoms with Crippen molar-refractivity contribution in [1.29, 1.82) is 0 Å². The van der Waals surface area contributed by atoms with E-state index in [0.717, 1.165) is 0 Å². The number of H-pyrrole nitrogens is 1. The minimum absolute atomic E-state index is 0.254. The zero-order valence-corrected chi connectivity index (χ0v) is 8.34. The highest BCUT2D eigenvalue weighted by Crippen LogP contribution is 2.05. The van der Waals surface area contributed by atoms with Gasteiger partial charge in [0.15, 0.2) is 0 Å². The van der Waals surface area contributed by atoms with E-state index in [2.05, 4.69) is 25.7 Å². The molecule has 0 aliphatic carbocycles. The molecular formula is C9H10N6O. The maximum Gasteiger partial charge on any atom is 0.271 e. The van der Waals surface area contributed by atoms with Gasteiger partial charge in [-0.3, -0.25) is 9.89 Å². The van der Waals surface area contributed by atoms with Crippen molar-refractivity contribution in [2.45, 2.75) is 6.54 Å². The first-order valence-corrected chi connectivity index (χ1v) is 4.61. The first kappa shape index (κ1) is 10.1. The van der Waals surface area contributed by atoms with Crippen LogP contribution in [-0.2, 0) is 6.54 Å². The van der Waals surface area contributed by atoms with Gasteiger partial charge in [-0.15, -0.1) is 0 Å². The van der Waals surface area contributed by atoms with E-state index >= 15 is 0 Å². The van der Waals surface area contributed by atoms with Crippen LogP contribution in [0.25, 0.3) is 0 Å². The van der Waals surface area contributed by atoms with Crippen LogP contribution in [0.4, 0.5) is 5.69 Å². The second-order valence-electron chi connectivity index (χ2n) is 3.10. The standard InChI is InChI=1S/C9H10N6O/c10-7-5-13-15-8(7)9(16)11-4-6-2-1-3-12-14-6/h1-3,5H,4,10H2,(H,11,16)(H,13,15).